The molecular formula is C14H18N2O5. The molecule has 2 rings (SSSR count). The van der Waals surface area contributed by atoms with Crippen LogP contribution in [0.25, 0.3) is 0 Å². The van der Waals surface area contributed by atoms with E-state index >= 15 is 0 Å². The number of aromatic nitrogens is 1. The molecule has 114 valence electrons. The molecular weight excluding hydrogens is 276 g/mol. The van der Waals surface area contributed by atoms with Crippen molar-refractivity contribution in [1.82, 2.24) is 9.88 Å². The lowest BCUT2D eigenvalue weighted by atomic mass is 9.93. The lowest BCUT2D eigenvalue weighted by molar-refractivity contribution is -0.147. The van der Waals surface area contributed by atoms with E-state index in [1.54, 1.807) is 12.1 Å². The van der Waals surface area contributed by atoms with Crippen LogP contribution in [0, 0.1) is 0 Å². The Balaban J connectivity index is 2.06. The van der Waals surface area contributed by atoms with E-state index in [1.165, 1.54) is 7.11 Å². The molecule has 7 nitrogen and oxygen atoms in total. The molecule has 0 aromatic carbocycles. The maximum absolute atomic E-state index is 12.2. The van der Waals surface area contributed by atoms with E-state index in [0.29, 0.717) is 11.7 Å². The zero-order chi connectivity index (χ0) is 15.4. The molecule has 0 unspecified atom stereocenters. The summed E-state index contributed by atoms with van der Waals surface area (Å²) in [6.45, 7) is 0. The summed E-state index contributed by atoms with van der Waals surface area (Å²) in [7, 11) is 1.17. The van der Waals surface area contributed by atoms with Crippen LogP contribution in [-0.4, -0.2) is 40.7 Å². The summed E-state index contributed by atoms with van der Waals surface area (Å²) < 4.78 is 6.29. The molecule has 1 aromatic heterocycles. The van der Waals surface area contributed by atoms with Crippen molar-refractivity contribution in [2.45, 2.75) is 37.8 Å². The van der Waals surface area contributed by atoms with Gasteiger partial charge in [-0.05, 0) is 31.4 Å². The van der Waals surface area contributed by atoms with E-state index in [1.807, 2.05) is 10.8 Å². The van der Waals surface area contributed by atoms with Crippen molar-refractivity contribution in [1.29, 1.82) is 0 Å². The van der Waals surface area contributed by atoms with Gasteiger partial charge >= 0.3 is 11.9 Å². The van der Waals surface area contributed by atoms with Crippen LogP contribution in [0.1, 0.15) is 42.2 Å². The number of aliphatic carboxylic acids is 1. The molecule has 1 aliphatic carbocycles. The van der Waals surface area contributed by atoms with Gasteiger partial charge in [-0.25, -0.2) is 4.79 Å². The fraction of sp³-hybridized carbons (Fsp3) is 0.500. The quantitative estimate of drug-likeness (QED) is 0.762. The molecule has 0 radical (unpaired) electrons. The van der Waals surface area contributed by atoms with E-state index in [0.717, 1.165) is 19.3 Å². The number of hydrogen-bond acceptors (Lipinski definition) is 4. The first-order chi connectivity index (χ1) is 10.0. The number of nitrogens with zero attached hydrogens (tertiary/aromatic N) is 1. The Hall–Kier alpha value is -2.31. The van der Waals surface area contributed by atoms with Crippen LogP contribution in [0.4, 0.5) is 0 Å². The van der Waals surface area contributed by atoms with Crippen LogP contribution in [0.3, 0.4) is 0 Å². The molecule has 1 fully saturated rings. The van der Waals surface area contributed by atoms with Gasteiger partial charge in [0.2, 0.25) is 0 Å². The highest BCUT2D eigenvalue weighted by molar-refractivity contribution is 5.96. The van der Waals surface area contributed by atoms with Gasteiger partial charge in [0.25, 0.3) is 5.91 Å². The molecule has 2 N–H and O–H groups in total. The molecule has 0 aliphatic heterocycles. The van der Waals surface area contributed by atoms with Gasteiger partial charge in [-0.2, -0.15) is 0 Å². The largest absolute Gasteiger partial charge is 0.480 e. The minimum Gasteiger partial charge on any atom is -0.480 e. The predicted molar refractivity (Wildman–Crippen MR) is 72.8 cm³/mol. The van der Waals surface area contributed by atoms with Crippen molar-refractivity contribution in [2.24, 2.45) is 0 Å². The van der Waals surface area contributed by atoms with Gasteiger partial charge < -0.3 is 19.7 Å². The topological polar surface area (TPSA) is 97.6 Å². The van der Waals surface area contributed by atoms with E-state index < -0.39 is 30.3 Å². The fourth-order valence-electron chi connectivity index (χ4n) is 2.25. The Morgan fingerprint density at radius 2 is 2.19 bits per heavy atom. The van der Waals surface area contributed by atoms with Crippen LogP contribution in [0.2, 0.25) is 0 Å². The van der Waals surface area contributed by atoms with Gasteiger partial charge in [0.1, 0.15) is 11.7 Å². The highest BCUT2D eigenvalue weighted by Gasteiger charge is 2.27. The minimum absolute atomic E-state index is 0.296. The normalized spacial score (nSPS) is 15.9. The minimum atomic E-state index is -1.30. The van der Waals surface area contributed by atoms with Gasteiger partial charge in [-0.15, -0.1) is 0 Å². The molecule has 0 spiro atoms. The Morgan fingerprint density at radius 3 is 2.71 bits per heavy atom. The zero-order valence-electron chi connectivity index (χ0n) is 11.7. The van der Waals surface area contributed by atoms with Crippen molar-refractivity contribution in [3.8, 4) is 0 Å². The Kier molecular flexibility index (Phi) is 4.62. The number of carboxylic acids is 1. The monoisotopic (exact) mass is 294 g/mol. The van der Waals surface area contributed by atoms with Gasteiger partial charge in [0.15, 0.2) is 0 Å². The van der Waals surface area contributed by atoms with E-state index in [2.05, 4.69) is 10.1 Å². The molecule has 7 heteroatoms. The number of esters is 1. The Morgan fingerprint density at radius 1 is 1.48 bits per heavy atom. The van der Waals surface area contributed by atoms with Crippen molar-refractivity contribution in [3.63, 3.8) is 0 Å². The standard InChI is InChI=1S/C14H18N2O5/c1-21-12(17)8-10(14(19)20)15-13(18)11-6-3-7-16(11)9-4-2-5-9/h3,6-7,9-10H,2,4-5,8H2,1H3,(H,15,18)(H,19,20)/t10-/m0/s1. The van der Waals surface area contributed by atoms with Gasteiger partial charge in [0, 0.05) is 12.2 Å². The maximum atomic E-state index is 12.2. The summed E-state index contributed by atoms with van der Waals surface area (Å²) >= 11 is 0. The molecule has 0 bridgehead atoms. The Labute approximate surface area is 121 Å². The van der Waals surface area contributed by atoms with E-state index in [9.17, 15) is 14.4 Å². The third-order valence-electron chi connectivity index (χ3n) is 3.68. The SMILES string of the molecule is COC(=O)C[C@H](NC(=O)c1cccn1C1CCC1)C(=O)O. The number of carbonyl (C=O) groups excluding carboxylic acids is 2. The number of nitrogens with one attached hydrogen (secondary N) is 1. The predicted octanol–water partition coefficient (Wildman–Crippen LogP) is 0.959. The third-order valence-corrected chi connectivity index (χ3v) is 3.68. The van der Waals surface area contributed by atoms with Gasteiger partial charge in [-0.1, -0.05) is 0 Å². The summed E-state index contributed by atoms with van der Waals surface area (Å²) in [5.41, 5.74) is 0.413. The van der Waals surface area contributed by atoms with Crippen LogP contribution in [0.15, 0.2) is 18.3 Å². The second kappa shape index (κ2) is 6.43. The number of carboxylic acid groups (broad SMARTS) is 1. The molecule has 1 heterocycles. The highest BCUT2D eigenvalue weighted by atomic mass is 16.5. The summed E-state index contributed by atoms with van der Waals surface area (Å²) in [5, 5.41) is 11.4. The third kappa shape index (κ3) is 3.42. The van der Waals surface area contributed by atoms with Crippen molar-refractivity contribution in [3.05, 3.63) is 24.0 Å². The number of rotatable bonds is 6. The summed E-state index contributed by atoms with van der Waals surface area (Å²) in [5.74, 6) is -2.45. The average Bonchev–Trinajstić information content (AvgIpc) is 2.84. The number of hydrogen-bond donors (Lipinski definition) is 2. The Bertz CT molecular complexity index is 547. The molecule has 1 amide bonds. The lowest BCUT2D eigenvalue weighted by Gasteiger charge is -2.29. The van der Waals surface area contributed by atoms with Crippen molar-refractivity contribution < 1.29 is 24.2 Å². The molecule has 1 saturated carbocycles. The van der Waals surface area contributed by atoms with Gasteiger partial charge in [-0.3, -0.25) is 9.59 Å². The molecule has 21 heavy (non-hydrogen) atoms. The number of amides is 1. The highest BCUT2D eigenvalue weighted by Crippen LogP contribution is 2.32. The van der Waals surface area contributed by atoms with Crippen LogP contribution < -0.4 is 5.32 Å². The molecule has 1 atom stereocenters. The molecule has 1 aliphatic rings. The first-order valence-corrected chi connectivity index (χ1v) is 6.80. The summed E-state index contributed by atoms with van der Waals surface area (Å²) in [4.78, 5) is 34.5. The van der Waals surface area contributed by atoms with E-state index in [-0.39, 0.29) is 0 Å². The van der Waals surface area contributed by atoms with Crippen LogP contribution >= 0.6 is 0 Å². The lowest BCUT2D eigenvalue weighted by Crippen LogP contribution is -2.43. The number of ether oxygens (including phenoxy) is 1. The van der Waals surface area contributed by atoms with E-state index in [4.69, 9.17) is 5.11 Å². The second-order valence-corrected chi connectivity index (χ2v) is 5.03. The zero-order valence-corrected chi connectivity index (χ0v) is 11.7. The first-order valence-electron chi connectivity index (χ1n) is 6.80. The maximum Gasteiger partial charge on any atom is 0.326 e. The van der Waals surface area contributed by atoms with Crippen molar-refractivity contribution >= 4 is 17.8 Å². The first kappa shape index (κ1) is 15.1. The number of carbonyl (C=O) groups is 3. The average molecular weight is 294 g/mol. The molecule has 1 aromatic rings. The smallest absolute Gasteiger partial charge is 0.326 e. The second-order valence-electron chi connectivity index (χ2n) is 5.03. The van der Waals surface area contributed by atoms with Crippen LogP contribution in [-0.2, 0) is 14.3 Å². The van der Waals surface area contributed by atoms with Crippen molar-refractivity contribution in [2.75, 3.05) is 7.11 Å². The molecule has 0 saturated heterocycles. The fourth-order valence-corrected chi connectivity index (χ4v) is 2.25. The summed E-state index contributed by atoms with van der Waals surface area (Å²) in [6, 6.07) is 2.40. The number of methoxy groups -OCH3 is 1. The van der Waals surface area contributed by atoms with Gasteiger partial charge in [0.05, 0.1) is 13.5 Å². The van der Waals surface area contributed by atoms with Crippen LogP contribution in [0.5, 0.6) is 0 Å². The summed E-state index contributed by atoms with van der Waals surface area (Å²) in [6.07, 6.45) is 4.57.